The lowest BCUT2D eigenvalue weighted by atomic mass is 10.1. The number of rotatable bonds is 4. The number of aryl methyl sites for hydroxylation is 5. The molecule has 28 heavy (non-hydrogen) atoms. The first kappa shape index (κ1) is 18.2. The highest BCUT2D eigenvalue weighted by Gasteiger charge is 2.13. The molecular weight excluding hydrogens is 344 g/mol. The zero-order chi connectivity index (χ0) is 19.8. The van der Waals surface area contributed by atoms with Gasteiger partial charge in [0.25, 0.3) is 0 Å². The summed E-state index contributed by atoms with van der Waals surface area (Å²) in [5.74, 6) is 1.90. The highest BCUT2D eigenvalue weighted by atomic mass is 15.1. The summed E-state index contributed by atoms with van der Waals surface area (Å²) in [5, 5.41) is 0. The van der Waals surface area contributed by atoms with Crippen LogP contribution in [0.5, 0.6) is 0 Å². The quantitative estimate of drug-likeness (QED) is 0.495. The molecule has 0 bridgehead atoms. The van der Waals surface area contributed by atoms with Gasteiger partial charge in [-0.2, -0.15) is 0 Å². The van der Waals surface area contributed by atoms with Crippen LogP contribution >= 0.6 is 0 Å². The van der Waals surface area contributed by atoms with Crippen molar-refractivity contribution >= 4 is 0 Å². The molecule has 4 nitrogen and oxygen atoms in total. The fourth-order valence-electron chi connectivity index (χ4n) is 3.85. The Balaban J connectivity index is 1.88. The minimum Gasteiger partial charge on any atom is -0.303 e. The highest BCUT2D eigenvalue weighted by molar-refractivity contribution is 5.43. The van der Waals surface area contributed by atoms with Crippen LogP contribution in [0, 0.1) is 34.6 Å². The van der Waals surface area contributed by atoms with E-state index in [1.807, 2.05) is 13.0 Å². The summed E-state index contributed by atoms with van der Waals surface area (Å²) in [5.41, 5.74) is 8.06. The van der Waals surface area contributed by atoms with Crippen molar-refractivity contribution in [3.63, 3.8) is 0 Å². The van der Waals surface area contributed by atoms with Crippen molar-refractivity contribution in [2.75, 3.05) is 0 Å². The first-order valence-corrected chi connectivity index (χ1v) is 9.66. The molecule has 4 rings (SSSR count). The molecule has 0 saturated carbocycles. The first-order chi connectivity index (χ1) is 13.4. The van der Waals surface area contributed by atoms with Gasteiger partial charge < -0.3 is 9.13 Å². The van der Waals surface area contributed by atoms with Crippen molar-refractivity contribution in [3.8, 4) is 11.6 Å². The number of nitrogens with zero attached hydrogens (tertiary/aromatic N) is 4. The van der Waals surface area contributed by atoms with Gasteiger partial charge in [-0.25, -0.2) is 4.98 Å². The smallest absolute Gasteiger partial charge is 0.139 e. The summed E-state index contributed by atoms with van der Waals surface area (Å²) in [6.07, 6.45) is 0.781. The van der Waals surface area contributed by atoms with Crippen molar-refractivity contribution in [1.29, 1.82) is 0 Å². The second kappa shape index (κ2) is 7.12. The van der Waals surface area contributed by atoms with Gasteiger partial charge in [0.1, 0.15) is 11.6 Å². The van der Waals surface area contributed by atoms with Crippen LogP contribution < -0.4 is 0 Å². The van der Waals surface area contributed by atoms with Gasteiger partial charge in [0.15, 0.2) is 0 Å². The maximum Gasteiger partial charge on any atom is 0.139 e. The van der Waals surface area contributed by atoms with Crippen LogP contribution in [-0.2, 0) is 6.42 Å². The molecule has 0 radical (unpaired) electrons. The van der Waals surface area contributed by atoms with Gasteiger partial charge >= 0.3 is 0 Å². The average molecular weight is 371 g/mol. The van der Waals surface area contributed by atoms with Crippen molar-refractivity contribution in [2.45, 2.75) is 41.0 Å². The fourth-order valence-corrected chi connectivity index (χ4v) is 3.85. The molecule has 0 saturated heterocycles. The summed E-state index contributed by atoms with van der Waals surface area (Å²) < 4.78 is 4.43. The molecule has 0 fully saturated rings. The van der Waals surface area contributed by atoms with Gasteiger partial charge in [-0.1, -0.05) is 6.07 Å². The second-order valence-electron chi connectivity index (χ2n) is 7.54. The second-order valence-corrected chi connectivity index (χ2v) is 7.54. The molecule has 0 N–H and O–H groups in total. The molecule has 4 aromatic rings. The lowest BCUT2D eigenvalue weighted by Gasteiger charge is -2.15. The van der Waals surface area contributed by atoms with Gasteiger partial charge in [0.05, 0.1) is 0 Å². The molecule has 0 aliphatic carbocycles. The summed E-state index contributed by atoms with van der Waals surface area (Å²) >= 11 is 0. The van der Waals surface area contributed by atoms with Crippen molar-refractivity contribution in [1.82, 2.24) is 19.1 Å². The van der Waals surface area contributed by atoms with Crippen molar-refractivity contribution in [2.24, 2.45) is 0 Å². The monoisotopic (exact) mass is 370 g/mol. The molecule has 0 aliphatic heterocycles. The zero-order valence-electron chi connectivity index (χ0n) is 17.2. The third-order valence-electron chi connectivity index (χ3n) is 5.19. The Hall–Kier alpha value is -3.14. The van der Waals surface area contributed by atoms with E-state index in [4.69, 9.17) is 4.98 Å². The summed E-state index contributed by atoms with van der Waals surface area (Å²) in [6, 6.07) is 19.1. The minimum absolute atomic E-state index is 0.781. The fraction of sp³-hybridized carbons (Fsp3) is 0.250. The van der Waals surface area contributed by atoms with Crippen LogP contribution in [0.1, 0.15) is 39.7 Å². The molecule has 0 aromatic carbocycles. The van der Waals surface area contributed by atoms with E-state index in [1.165, 1.54) is 28.3 Å². The van der Waals surface area contributed by atoms with Gasteiger partial charge in [0, 0.05) is 40.6 Å². The van der Waals surface area contributed by atoms with E-state index < -0.39 is 0 Å². The van der Waals surface area contributed by atoms with Crippen molar-refractivity contribution < 1.29 is 0 Å². The SMILES string of the molecule is Cc1cccc(Cc2cc(-n3c(C)ccc3C)nc(-n3c(C)ccc3C)c2)n1. The number of hydrogen-bond donors (Lipinski definition) is 0. The van der Waals surface area contributed by atoms with E-state index in [9.17, 15) is 0 Å². The average Bonchev–Trinajstić information content (AvgIpc) is 3.15. The Morgan fingerprint density at radius 2 is 1.14 bits per heavy atom. The first-order valence-electron chi connectivity index (χ1n) is 9.66. The van der Waals surface area contributed by atoms with Gasteiger partial charge in [0.2, 0.25) is 0 Å². The number of aromatic nitrogens is 4. The third kappa shape index (κ3) is 3.38. The third-order valence-corrected chi connectivity index (χ3v) is 5.19. The normalized spacial score (nSPS) is 11.2. The van der Waals surface area contributed by atoms with Crippen LogP contribution in [0.15, 0.2) is 54.6 Å². The summed E-state index contributed by atoms with van der Waals surface area (Å²) in [6.45, 7) is 10.5. The molecule has 0 unspecified atom stereocenters. The van der Waals surface area contributed by atoms with Crippen LogP contribution in [0.2, 0.25) is 0 Å². The van der Waals surface area contributed by atoms with Gasteiger partial charge in [-0.05, 0) is 88.7 Å². The lowest BCUT2D eigenvalue weighted by molar-refractivity contribution is 0.865. The Morgan fingerprint density at radius 3 is 1.61 bits per heavy atom. The topological polar surface area (TPSA) is 35.6 Å². The van der Waals surface area contributed by atoms with Crippen LogP contribution in [0.25, 0.3) is 11.6 Å². The maximum atomic E-state index is 5.03. The van der Waals surface area contributed by atoms with E-state index in [1.54, 1.807) is 0 Å². The minimum atomic E-state index is 0.781. The molecule has 0 spiro atoms. The van der Waals surface area contributed by atoms with E-state index in [-0.39, 0.29) is 0 Å². The van der Waals surface area contributed by atoms with E-state index in [0.29, 0.717) is 0 Å². The molecule has 0 amide bonds. The Labute approximate surface area is 166 Å². The predicted molar refractivity (Wildman–Crippen MR) is 114 cm³/mol. The molecule has 0 aliphatic rings. The number of pyridine rings is 2. The van der Waals surface area contributed by atoms with E-state index in [0.717, 1.165) is 29.4 Å². The zero-order valence-corrected chi connectivity index (χ0v) is 17.2. The standard InChI is InChI=1S/C24H26N4/c1-16-7-6-8-22(25-16)13-21-14-23(27-17(2)9-10-18(27)3)26-24(15-21)28-19(4)11-12-20(28)5/h6-12,14-15H,13H2,1-5H3. The largest absolute Gasteiger partial charge is 0.303 e. The van der Waals surface area contributed by atoms with Crippen LogP contribution in [-0.4, -0.2) is 19.1 Å². The summed E-state index contributed by atoms with van der Waals surface area (Å²) in [7, 11) is 0. The number of hydrogen-bond acceptors (Lipinski definition) is 2. The van der Waals surface area contributed by atoms with Crippen LogP contribution in [0.3, 0.4) is 0 Å². The molecule has 4 heterocycles. The van der Waals surface area contributed by atoms with Crippen LogP contribution in [0.4, 0.5) is 0 Å². The van der Waals surface area contributed by atoms with Crippen molar-refractivity contribution in [3.05, 3.63) is 94.3 Å². The summed E-state index contributed by atoms with van der Waals surface area (Å²) in [4.78, 5) is 9.72. The van der Waals surface area contributed by atoms with E-state index in [2.05, 4.69) is 90.3 Å². The van der Waals surface area contributed by atoms with E-state index >= 15 is 0 Å². The predicted octanol–water partition coefficient (Wildman–Crippen LogP) is 5.19. The Bertz CT molecular complexity index is 1040. The molecule has 4 aromatic heterocycles. The Morgan fingerprint density at radius 1 is 0.643 bits per heavy atom. The maximum absolute atomic E-state index is 5.03. The molecule has 4 heteroatoms. The Kier molecular flexibility index (Phi) is 4.63. The molecular formula is C24H26N4. The van der Waals surface area contributed by atoms with Gasteiger partial charge in [-0.3, -0.25) is 4.98 Å². The molecule has 142 valence electrons. The highest BCUT2D eigenvalue weighted by Crippen LogP contribution is 2.22. The lowest BCUT2D eigenvalue weighted by Crippen LogP contribution is -2.09. The molecule has 0 atom stereocenters. The van der Waals surface area contributed by atoms with Gasteiger partial charge in [-0.15, -0.1) is 0 Å².